The van der Waals surface area contributed by atoms with Crippen molar-refractivity contribution in [3.63, 3.8) is 0 Å². The van der Waals surface area contributed by atoms with Crippen molar-refractivity contribution in [1.29, 1.82) is 0 Å². The van der Waals surface area contributed by atoms with Gasteiger partial charge in [-0.3, -0.25) is 4.79 Å². The molecule has 0 bridgehead atoms. The Balaban J connectivity index is 1.94. The predicted molar refractivity (Wildman–Crippen MR) is 230 cm³/mol. The maximum absolute atomic E-state index is 13.1. The molecule has 14 nitrogen and oxygen atoms in total. The van der Waals surface area contributed by atoms with E-state index in [1.165, 1.54) is 25.7 Å². The van der Waals surface area contributed by atoms with Crippen LogP contribution in [0.25, 0.3) is 0 Å². The Morgan fingerprint density at radius 3 is 1.73 bits per heavy atom. The normalized spacial score (nSPS) is 28.8. The quantitative estimate of drug-likeness (QED) is 0.0340. The summed E-state index contributed by atoms with van der Waals surface area (Å²) >= 11 is 0. The lowest BCUT2D eigenvalue weighted by atomic mass is 9.97. The largest absolute Gasteiger partial charge is 0.394 e. The van der Waals surface area contributed by atoms with Crippen LogP contribution in [0.15, 0.2) is 60.8 Å². The second-order valence-corrected chi connectivity index (χ2v) is 15.8. The number of aliphatic hydroxyl groups is 8. The first kappa shape index (κ1) is 53.8. The SMILES string of the molecule is CCCC/C=C\C/C=C\CCCCCCCC(=O)NC(COC1OC(CO)C(OC2OC(CO)C(O)C(O)C2O)C(O)C1O)C(O)/C=C/CC/C=C/CC/C=C/CCCC. The summed E-state index contributed by atoms with van der Waals surface area (Å²) < 4.78 is 22.6. The number of carbonyl (C=O) groups is 1. The smallest absolute Gasteiger partial charge is 0.220 e. The number of allylic oxidation sites excluding steroid dienone is 9. The first-order valence-corrected chi connectivity index (χ1v) is 22.5. The molecule has 2 heterocycles. The van der Waals surface area contributed by atoms with Gasteiger partial charge in [0.05, 0.1) is 32.0 Å². The van der Waals surface area contributed by atoms with Crippen molar-refractivity contribution in [3.05, 3.63) is 60.8 Å². The lowest BCUT2D eigenvalue weighted by molar-refractivity contribution is -0.359. The third-order valence-electron chi connectivity index (χ3n) is 10.7. The van der Waals surface area contributed by atoms with E-state index in [1.54, 1.807) is 6.08 Å². The highest BCUT2D eigenvalue weighted by Gasteiger charge is 2.50. The van der Waals surface area contributed by atoms with Gasteiger partial charge in [0.2, 0.25) is 5.91 Å². The highest BCUT2D eigenvalue weighted by molar-refractivity contribution is 5.76. The molecule has 0 aromatic heterocycles. The van der Waals surface area contributed by atoms with Crippen molar-refractivity contribution in [2.45, 2.75) is 203 Å². The molecule has 12 unspecified atom stereocenters. The molecule has 0 aliphatic carbocycles. The van der Waals surface area contributed by atoms with Crippen molar-refractivity contribution in [2.24, 2.45) is 0 Å². The summed E-state index contributed by atoms with van der Waals surface area (Å²) in [6.07, 6.45) is 21.3. The van der Waals surface area contributed by atoms with Crippen LogP contribution < -0.4 is 5.32 Å². The molecular weight excluding hydrogens is 774 g/mol. The highest BCUT2D eigenvalue weighted by Crippen LogP contribution is 2.29. The van der Waals surface area contributed by atoms with Crippen LogP contribution in [0.4, 0.5) is 0 Å². The number of hydrogen-bond donors (Lipinski definition) is 9. The van der Waals surface area contributed by atoms with Crippen LogP contribution in [0.2, 0.25) is 0 Å². The number of carbonyl (C=O) groups excluding carboxylic acids is 1. The van der Waals surface area contributed by atoms with Gasteiger partial charge in [-0.15, -0.1) is 0 Å². The monoisotopic (exact) mass is 854 g/mol. The predicted octanol–water partition coefficient (Wildman–Crippen LogP) is 4.32. The van der Waals surface area contributed by atoms with Crippen LogP contribution in [0.5, 0.6) is 0 Å². The van der Waals surface area contributed by atoms with E-state index in [9.17, 15) is 45.6 Å². The number of rotatable bonds is 32. The van der Waals surface area contributed by atoms with Gasteiger partial charge in [-0.25, -0.2) is 0 Å². The number of ether oxygens (including phenoxy) is 4. The lowest BCUT2D eigenvalue weighted by Crippen LogP contribution is -2.65. The van der Waals surface area contributed by atoms with Crippen LogP contribution in [-0.2, 0) is 23.7 Å². The van der Waals surface area contributed by atoms with Gasteiger partial charge in [0.25, 0.3) is 0 Å². The molecule has 12 atom stereocenters. The molecule has 1 amide bonds. The Kier molecular flexibility index (Phi) is 29.9. The Morgan fingerprint density at radius 1 is 0.600 bits per heavy atom. The average molecular weight is 854 g/mol. The Bertz CT molecular complexity index is 1240. The molecular formula is C46H79NO13. The average Bonchev–Trinajstić information content (AvgIpc) is 3.24. The van der Waals surface area contributed by atoms with E-state index in [2.05, 4.69) is 67.8 Å². The van der Waals surface area contributed by atoms with Crippen LogP contribution in [0.1, 0.15) is 129 Å². The van der Waals surface area contributed by atoms with Crippen molar-refractivity contribution >= 4 is 5.91 Å². The van der Waals surface area contributed by atoms with Crippen molar-refractivity contribution < 1.29 is 64.6 Å². The van der Waals surface area contributed by atoms with Crippen LogP contribution >= 0.6 is 0 Å². The zero-order valence-electron chi connectivity index (χ0n) is 36.2. The Morgan fingerprint density at radius 2 is 1.12 bits per heavy atom. The zero-order valence-corrected chi connectivity index (χ0v) is 36.2. The zero-order chi connectivity index (χ0) is 44.0. The first-order valence-electron chi connectivity index (χ1n) is 22.5. The molecule has 0 radical (unpaired) electrons. The van der Waals surface area contributed by atoms with E-state index in [-0.39, 0.29) is 18.9 Å². The summed E-state index contributed by atoms with van der Waals surface area (Å²) in [5.41, 5.74) is 0. The van der Waals surface area contributed by atoms with Gasteiger partial charge in [0.1, 0.15) is 48.8 Å². The molecule has 2 aliphatic rings. The molecule has 2 rings (SSSR count). The lowest BCUT2D eigenvalue weighted by Gasteiger charge is -2.46. The number of nitrogens with one attached hydrogen (secondary N) is 1. The number of amides is 1. The van der Waals surface area contributed by atoms with Gasteiger partial charge in [-0.1, -0.05) is 120 Å². The molecule has 0 saturated carbocycles. The van der Waals surface area contributed by atoms with E-state index >= 15 is 0 Å². The Hall–Kier alpha value is -2.31. The van der Waals surface area contributed by atoms with Gasteiger partial charge in [0, 0.05) is 6.42 Å². The second kappa shape index (κ2) is 33.3. The summed E-state index contributed by atoms with van der Waals surface area (Å²) in [7, 11) is 0. The molecule has 0 spiro atoms. The van der Waals surface area contributed by atoms with E-state index in [4.69, 9.17) is 18.9 Å². The fraction of sp³-hybridized carbons (Fsp3) is 0.761. The van der Waals surface area contributed by atoms with E-state index in [1.807, 2.05) is 6.08 Å². The summed E-state index contributed by atoms with van der Waals surface area (Å²) in [6, 6.07) is -0.944. The minimum absolute atomic E-state index is 0.251. The summed E-state index contributed by atoms with van der Waals surface area (Å²) in [5, 5.41) is 86.3. The first-order chi connectivity index (χ1) is 29.1. The molecule has 60 heavy (non-hydrogen) atoms. The minimum atomic E-state index is -1.79. The number of aliphatic hydroxyl groups excluding tert-OH is 8. The topological polar surface area (TPSA) is 228 Å². The molecule has 14 heteroatoms. The third kappa shape index (κ3) is 21.2. The van der Waals surface area contributed by atoms with Crippen LogP contribution in [-0.4, -0.2) is 140 Å². The summed E-state index contributed by atoms with van der Waals surface area (Å²) in [4.78, 5) is 13.1. The van der Waals surface area contributed by atoms with E-state index < -0.39 is 86.8 Å². The van der Waals surface area contributed by atoms with Crippen molar-refractivity contribution in [2.75, 3.05) is 19.8 Å². The number of hydrogen-bond acceptors (Lipinski definition) is 13. The molecule has 2 fully saturated rings. The third-order valence-corrected chi connectivity index (χ3v) is 10.7. The van der Waals surface area contributed by atoms with Crippen LogP contribution in [0.3, 0.4) is 0 Å². The molecule has 2 saturated heterocycles. The second-order valence-electron chi connectivity index (χ2n) is 15.8. The standard InChI is InChI=1S/C46H79NO13/c1-3-5-7-9-11-13-15-17-18-20-22-24-26-28-30-38(51)47-34(35(50)29-27-25-23-21-19-16-14-12-10-8-6-4-2)33-57-45-43(56)41(54)44(37(32-49)59-45)60-46-42(55)40(53)39(52)36(31-48)58-46/h9-12,15,17,19,21,27,29,34-37,39-46,48-50,52-56H,3-8,13-14,16,18,20,22-26,28,30-33H2,1-2H3,(H,47,51)/b11-9-,12-10+,17-15-,21-19+,29-27+. The van der Waals surface area contributed by atoms with Gasteiger partial charge in [-0.05, 0) is 64.2 Å². The molecule has 346 valence electrons. The molecule has 0 aromatic carbocycles. The van der Waals surface area contributed by atoms with Gasteiger partial charge >= 0.3 is 0 Å². The van der Waals surface area contributed by atoms with E-state index in [0.717, 1.165) is 70.6 Å². The van der Waals surface area contributed by atoms with Gasteiger partial charge in [-0.2, -0.15) is 0 Å². The fourth-order valence-electron chi connectivity index (χ4n) is 6.85. The fourth-order valence-corrected chi connectivity index (χ4v) is 6.85. The number of unbranched alkanes of at least 4 members (excludes halogenated alkanes) is 11. The van der Waals surface area contributed by atoms with Crippen LogP contribution in [0, 0.1) is 0 Å². The molecule has 2 aliphatic heterocycles. The van der Waals surface area contributed by atoms with Gasteiger partial charge in [0.15, 0.2) is 12.6 Å². The highest BCUT2D eigenvalue weighted by atomic mass is 16.7. The summed E-state index contributed by atoms with van der Waals surface area (Å²) in [5.74, 6) is -0.274. The maximum Gasteiger partial charge on any atom is 0.220 e. The summed E-state index contributed by atoms with van der Waals surface area (Å²) in [6.45, 7) is 2.61. The Labute approximate surface area is 358 Å². The van der Waals surface area contributed by atoms with Gasteiger partial charge < -0.3 is 65.1 Å². The van der Waals surface area contributed by atoms with Crippen molar-refractivity contribution in [3.8, 4) is 0 Å². The maximum atomic E-state index is 13.1. The molecule has 0 aromatic rings. The van der Waals surface area contributed by atoms with E-state index in [0.29, 0.717) is 12.8 Å². The molecule has 9 N–H and O–H groups in total. The minimum Gasteiger partial charge on any atom is -0.394 e. The van der Waals surface area contributed by atoms with Crippen molar-refractivity contribution in [1.82, 2.24) is 5.32 Å².